The minimum absolute atomic E-state index is 0.0975. The van der Waals surface area contributed by atoms with Gasteiger partial charge in [-0.15, -0.1) is 0 Å². The Morgan fingerprint density at radius 1 is 1.27 bits per heavy atom. The molecule has 0 saturated heterocycles. The monoisotopic (exact) mass is 208 g/mol. The van der Waals surface area contributed by atoms with Crippen LogP contribution in [0.5, 0.6) is 0 Å². The Hall–Kier alpha value is -0.300. The summed E-state index contributed by atoms with van der Waals surface area (Å²) in [6, 6.07) is 0. The first-order chi connectivity index (χ1) is 7.33. The molecule has 86 valence electrons. The van der Waals surface area contributed by atoms with Gasteiger partial charge in [0.25, 0.3) is 0 Å². The molecule has 2 fully saturated rings. The van der Waals surface area contributed by atoms with Gasteiger partial charge < -0.3 is 5.11 Å². The summed E-state index contributed by atoms with van der Waals surface area (Å²) in [4.78, 5) is 0. The predicted molar refractivity (Wildman–Crippen MR) is 63.7 cm³/mol. The highest BCUT2D eigenvalue weighted by atomic mass is 16.3. The Balaban J connectivity index is 1.93. The molecule has 2 rings (SSSR count). The largest absolute Gasteiger partial charge is 0.388 e. The summed E-state index contributed by atoms with van der Waals surface area (Å²) in [7, 11) is 0. The fourth-order valence-corrected chi connectivity index (χ4v) is 3.35. The van der Waals surface area contributed by atoms with E-state index in [0.29, 0.717) is 5.92 Å². The van der Waals surface area contributed by atoms with Crippen LogP contribution in [0.15, 0.2) is 11.6 Å². The molecule has 1 N–H and O–H groups in total. The molecule has 1 nitrogen and oxygen atoms in total. The van der Waals surface area contributed by atoms with Crippen LogP contribution in [0.25, 0.3) is 0 Å². The number of rotatable bonds is 3. The van der Waals surface area contributed by atoms with Crippen LogP contribution in [-0.2, 0) is 0 Å². The molecular formula is C14H24O. The van der Waals surface area contributed by atoms with Crippen LogP contribution < -0.4 is 0 Å². The number of allylic oxidation sites excluding steroid dienone is 1. The molecule has 2 saturated carbocycles. The van der Waals surface area contributed by atoms with Crippen molar-refractivity contribution in [3.8, 4) is 0 Å². The van der Waals surface area contributed by atoms with Crippen LogP contribution in [0.1, 0.15) is 58.3 Å². The molecule has 0 aromatic carbocycles. The van der Waals surface area contributed by atoms with Crippen LogP contribution in [-0.4, -0.2) is 11.2 Å². The zero-order valence-corrected chi connectivity index (χ0v) is 9.91. The maximum Gasteiger partial charge on any atom is 0.0781 e. The fraction of sp³-hybridized carbons (Fsp3) is 0.857. The Labute approximate surface area is 93.6 Å². The first kappa shape index (κ1) is 11.2. The van der Waals surface area contributed by atoms with E-state index in [2.05, 4.69) is 13.0 Å². The summed E-state index contributed by atoms with van der Waals surface area (Å²) >= 11 is 0. The van der Waals surface area contributed by atoms with Crippen molar-refractivity contribution in [3.05, 3.63) is 11.6 Å². The Morgan fingerprint density at radius 2 is 2.00 bits per heavy atom. The predicted octanol–water partition coefficient (Wildman–Crippen LogP) is 3.67. The van der Waals surface area contributed by atoms with E-state index >= 15 is 0 Å². The van der Waals surface area contributed by atoms with Gasteiger partial charge in [0.2, 0.25) is 0 Å². The van der Waals surface area contributed by atoms with Crippen LogP contribution in [0.4, 0.5) is 0 Å². The van der Waals surface area contributed by atoms with Gasteiger partial charge in [-0.25, -0.2) is 0 Å². The third-order valence-corrected chi connectivity index (χ3v) is 4.25. The highest BCUT2D eigenvalue weighted by Gasteiger charge is 2.36. The van der Waals surface area contributed by atoms with E-state index in [1.165, 1.54) is 44.1 Å². The molecule has 0 radical (unpaired) electrons. The number of aliphatic hydroxyl groups is 1. The first-order valence-electron chi connectivity index (χ1n) is 6.70. The van der Waals surface area contributed by atoms with Crippen molar-refractivity contribution in [2.24, 2.45) is 11.8 Å². The van der Waals surface area contributed by atoms with Gasteiger partial charge in [-0.1, -0.05) is 45.1 Å². The van der Waals surface area contributed by atoms with Crippen LogP contribution in [0.3, 0.4) is 0 Å². The summed E-state index contributed by atoms with van der Waals surface area (Å²) in [5, 5.41) is 10.3. The van der Waals surface area contributed by atoms with Crippen molar-refractivity contribution < 1.29 is 5.11 Å². The third-order valence-electron chi connectivity index (χ3n) is 4.25. The van der Waals surface area contributed by atoms with Gasteiger partial charge in [-0.05, 0) is 36.7 Å². The summed E-state index contributed by atoms with van der Waals surface area (Å²) in [6.45, 7) is 2.20. The van der Waals surface area contributed by atoms with Crippen molar-refractivity contribution in [2.45, 2.75) is 64.4 Å². The van der Waals surface area contributed by atoms with E-state index in [-0.39, 0.29) is 6.10 Å². The smallest absolute Gasteiger partial charge is 0.0781 e. The van der Waals surface area contributed by atoms with Gasteiger partial charge >= 0.3 is 0 Å². The lowest BCUT2D eigenvalue weighted by atomic mass is 9.87. The molecular weight excluding hydrogens is 184 g/mol. The van der Waals surface area contributed by atoms with Crippen LogP contribution in [0, 0.1) is 11.8 Å². The molecule has 2 atom stereocenters. The highest BCUT2D eigenvalue weighted by Crippen LogP contribution is 2.42. The summed E-state index contributed by atoms with van der Waals surface area (Å²) in [5.74, 6) is 1.42. The topological polar surface area (TPSA) is 20.2 Å². The second-order valence-electron chi connectivity index (χ2n) is 5.26. The van der Waals surface area contributed by atoms with E-state index in [0.717, 1.165) is 18.8 Å². The van der Waals surface area contributed by atoms with Gasteiger partial charge in [-0.3, -0.25) is 0 Å². The van der Waals surface area contributed by atoms with Gasteiger partial charge in [0.15, 0.2) is 0 Å². The molecule has 0 aromatic heterocycles. The molecule has 2 aliphatic rings. The molecule has 0 aromatic rings. The van der Waals surface area contributed by atoms with E-state index in [4.69, 9.17) is 0 Å². The fourth-order valence-electron chi connectivity index (χ4n) is 3.35. The average Bonchev–Trinajstić information content (AvgIpc) is 2.84. The van der Waals surface area contributed by atoms with Crippen molar-refractivity contribution in [1.29, 1.82) is 0 Å². The number of hydrogen-bond donors (Lipinski definition) is 1. The van der Waals surface area contributed by atoms with Crippen molar-refractivity contribution in [2.75, 3.05) is 0 Å². The third kappa shape index (κ3) is 2.44. The molecule has 2 unspecified atom stereocenters. The zero-order valence-electron chi connectivity index (χ0n) is 9.91. The standard InChI is InChI=1S/C14H24O/c1-2-3-6-12-9-10-13(14(12)15)11-7-4-5-8-11/h6,11,13-15H,2-5,7-10H2,1H3/b12-6-. The second kappa shape index (κ2) is 5.16. The first-order valence-corrected chi connectivity index (χ1v) is 6.70. The van der Waals surface area contributed by atoms with Gasteiger partial charge in [-0.2, -0.15) is 0 Å². The Kier molecular flexibility index (Phi) is 3.85. The van der Waals surface area contributed by atoms with Crippen LogP contribution >= 0.6 is 0 Å². The molecule has 0 amide bonds. The lowest BCUT2D eigenvalue weighted by Gasteiger charge is -2.21. The number of hydrogen-bond acceptors (Lipinski definition) is 1. The lowest BCUT2D eigenvalue weighted by Crippen LogP contribution is -2.21. The molecule has 0 aliphatic heterocycles. The lowest BCUT2D eigenvalue weighted by molar-refractivity contribution is 0.123. The Bertz CT molecular complexity index is 225. The molecule has 0 spiro atoms. The minimum Gasteiger partial charge on any atom is -0.388 e. The molecule has 0 heterocycles. The maximum atomic E-state index is 10.3. The van der Waals surface area contributed by atoms with Crippen molar-refractivity contribution >= 4 is 0 Å². The van der Waals surface area contributed by atoms with Gasteiger partial charge in [0.1, 0.15) is 0 Å². The summed E-state index contributed by atoms with van der Waals surface area (Å²) in [6.07, 6.45) is 12.4. The van der Waals surface area contributed by atoms with Crippen molar-refractivity contribution in [3.63, 3.8) is 0 Å². The van der Waals surface area contributed by atoms with Gasteiger partial charge in [0.05, 0.1) is 6.10 Å². The molecule has 1 heteroatoms. The second-order valence-corrected chi connectivity index (χ2v) is 5.26. The van der Waals surface area contributed by atoms with Crippen molar-refractivity contribution in [1.82, 2.24) is 0 Å². The van der Waals surface area contributed by atoms with E-state index in [1.807, 2.05) is 0 Å². The molecule has 15 heavy (non-hydrogen) atoms. The zero-order chi connectivity index (χ0) is 10.7. The van der Waals surface area contributed by atoms with Crippen LogP contribution in [0.2, 0.25) is 0 Å². The Morgan fingerprint density at radius 3 is 2.67 bits per heavy atom. The van der Waals surface area contributed by atoms with E-state index in [9.17, 15) is 5.11 Å². The average molecular weight is 208 g/mol. The SMILES string of the molecule is CCC/C=C1/CCC(C2CCCC2)C1O. The summed E-state index contributed by atoms with van der Waals surface area (Å²) in [5.41, 5.74) is 1.34. The quantitative estimate of drug-likeness (QED) is 0.702. The number of aliphatic hydroxyl groups excluding tert-OH is 1. The number of unbranched alkanes of at least 4 members (excludes halogenated alkanes) is 1. The van der Waals surface area contributed by atoms with E-state index < -0.39 is 0 Å². The van der Waals surface area contributed by atoms with Gasteiger partial charge in [0, 0.05) is 0 Å². The molecule has 2 aliphatic carbocycles. The minimum atomic E-state index is -0.0975. The highest BCUT2D eigenvalue weighted by molar-refractivity contribution is 5.15. The maximum absolute atomic E-state index is 10.3. The molecule has 0 bridgehead atoms. The normalized spacial score (nSPS) is 35.5. The van der Waals surface area contributed by atoms with E-state index in [1.54, 1.807) is 0 Å². The summed E-state index contributed by atoms with van der Waals surface area (Å²) < 4.78 is 0.